The molecule has 1 N–H and O–H groups in total. The van der Waals surface area contributed by atoms with Gasteiger partial charge < -0.3 is 5.32 Å². The number of nitro groups is 1. The molecule has 0 amide bonds. The third-order valence-corrected chi connectivity index (χ3v) is 3.60. The molecular weight excluding hydrogens is 228 g/mol. The number of hydrogen-bond donors (Lipinski definition) is 1. The molecule has 0 aromatic heterocycles. The largest absolute Gasteiger partial charge is 0.317 e. The third kappa shape index (κ3) is 3.53. The number of hydrogen-bond acceptors (Lipinski definition) is 3. The lowest BCUT2D eigenvalue weighted by atomic mass is 9.83. The Labute approximate surface area is 109 Å². The van der Waals surface area contributed by atoms with Gasteiger partial charge in [0.1, 0.15) is 0 Å². The molecule has 1 rings (SSSR count). The van der Waals surface area contributed by atoms with Crippen molar-refractivity contribution in [2.24, 2.45) is 11.8 Å². The second-order valence-corrected chi connectivity index (χ2v) is 5.08. The summed E-state index contributed by atoms with van der Waals surface area (Å²) in [4.78, 5) is 10.7. The summed E-state index contributed by atoms with van der Waals surface area (Å²) in [6.45, 7) is 6.44. The van der Waals surface area contributed by atoms with Gasteiger partial charge in [-0.3, -0.25) is 10.1 Å². The van der Waals surface area contributed by atoms with E-state index in [4.69, 9.17) is 0 Å². The van der Waals surface area contributed by atoms with Gasteiger partial charge in [-0.15, -0.1) is 0 Å². The van der Waals surface area contributed by atoms with E-state index in [1.165, 1.54) is 0 Å². The van der Waals surface area contributed by atoms with Crippen LogP contribution in [0.15, 0.2) is 24.3 Å². The molecule has 4 nitrogen and oxygen atoms in total. The molecule has 0 heterocycles. The van der Waals surface area contributed by atoms with E-state index in [1.807, 2.05) is 19.2 Å². The van der Waals surface area contributed by atoms with E-state index < -0.39 is 0 Å². The van der Waals surface area contributed by atoms with E-state index in [0.29, 0.717) is 17.9 Å². The Morgan fingerprint density at radius 3 is 2.39 bits per heavy atom. The Kier molecular flexibility index (Phi) is 5.28. The number of para-hydroxylation sites is 1. The molecule has 2 unspecified atom stereocenters. The van der Waals surface area contributed by atoms with Gasteiger partial charge in [-0.1, -0.05) is 32.0 Å². The van der Waals surface area contributed by atoms with E-state index in [1.54, 1.807) is 12.1 Å². The first-order valence-corrected chi connectivity index (χ1v) is 6.37. The van der Waals surface area contributed by atoms with Crippen LogP contribution in [0.1, 0.15) is 26.3 Å². The normalized spacial score (nSPS) is 14.5. The molecule has 18 heavy (non-hydrogen) atoms. The van der Waals surface area contributed by atoms with Crippen molar-refractivity contribution in [3.63, 3.8) is 0 Å². The molecule has 0 aliphatic rings. The van der Waals surface area contributed by atoms with E-state index in [2.05, 4.69) is 26.1 Å². The van der Waals surface area contributed by atoms with Crippen molar-refractivity contribution in [3.8, 4) is 0 Å². The van der Waals surface area contributed by atoms with Crippen molar-refractivity contribution in [1.82, 2.24) is 5.32 Å². The third-order valence-electron chi connectivity index (χ3n) is 3.60. The molecule has 100 valence electrons. The maximum atomic E-state index is 11.0. The smallest absolute Gasteiger partial charge is 0.272 e. The van der Waals surface area contributed by atoms with Crippen LogP contribution < -0.4 is 5.32 Å². The average Bonchev–Trinajstić information content (AvgIpc) is 2.34. The van der Waals surface area contributed by atoms with Crippen LogP contribution in [0.3, 0.4) is 0 Å². The predicted octanol–water partition coefficient (Wildman–Crippen LogP) is 3.02. The lowest BCUT2D eigenvalue weighted by molar-refractivity contribution is -0.385. The van der Waals surface area contributed by atoms with E-state index in [9.17, 15) is 10.1 Å². The van der Waals surface area contributed by atoms with Crippen LogP contribution in [0, 0.1) is 22.0 Å². The summed E-state index contributed by atoms with van der Waals surface area (Å²) < 4.78 is 0. The molecule has 0 aliphatic heterocycles. The average molecular weight is 250 g/mol. The number of nitro benzene ring substituents is 1. The van der Waals surface area contributed by atoms with Crippen molar-refractivity contribution >= 4 is 5.69 Å². The maximum Gasteiger partial charge on any atom is 0.272 e. The van der Waals surface area contributed by atoms with E-state index >= 15 is 0 Å². The fourth-order valence-corrected chi connectivity index (χ4v) is 2.32. The maximum absolute atomic E-state index is 11.0. The Morgan fingerprint density at radius 1 is 1.28 bits per heavy atom. The summed E-state index contributed by atoms with van der Waals surface area (Å²) in [7, 11) is 1.93. The fraction of sp³-hybridized carbons (Fsp3) is 0.571. The highest BCUT2D eigenvalue weighted by Crippen LogP contribution is 2.26. The van der Waals surface area contributed by atoms with Crippen LogP contribution in [0.4, 0.5) is 5.69 Å². The van der Waals surface area contributed by atoms with Crippen molar-refractivity contribution in [1.29, 1.82) is 0 Å². The highest BCUT2D eigenvalue weighted by atomic mass is 16.6. The van der Waals surface area contributed by atoms with Crippen LogP contribution in [-0.2, 0) is 6.42 Å². The number of benzene rings is 1. The fourth-order valence-electron chi connectivity index (χ4n) is 2.32. The lowest BCUT2D eigenvalue weighted by Crippen LogP contribution is -2.35. The van der Waals surface area contributed by atoms with Gasteiger partial charge in [0.05, 0.1) is 4.92 Å². The summed E-state index contributed by atoms with van der Waals surface area (Å²) in [5.41, 5.74) is 1.05. The van der Waals surface area contributed by atoms with Gasteiger partial charge in [0.15, 0.2) is 0 Å². The molecule has 0 radical (unpaired) electrons. The zero-order valence-electron chi connectivity index (χ0n) is 11.5. The van der Waals surface area contributed by atoms with Gasteiger partial charge in [0.25, 0.3) is 5.69 Å². The molecule has 4 heteroatoms. The minimum atomic E-state index is -0.295. The first-order chi connectivity index (χ1) is 8.47. The topological polar surface area (TPSA) is 55.2 Å². The highest BCUT2D eigenvalue weighted by Gasteiger charge is 2.23. The molecule has 0 fully saturated rings. The second kappa shape index (κ2) is 6.50. The molecule has 0 saturated heterocycles. The van der Waals surface area contributed by atoms with Gasteiger partial charge in [0, 0.05) is 17.7 Å². The molecule has 0 saturated carbocycles. The standard InChI is InChI=1S/C14H22N2O2/c1-10(2)13(11(3)15-4)9-12-7-5-6-8-14(12)16(17)18/h5-8,10-11,13,15H,9H2,1-4H3. The van der Waals surface area contributed by atoms with Crippen LogP contribution in [0.2, 0.25) is 0 Å². The minimum absolute atomic E-state index is 0.228. The van der Waals surface area contributed by atoms with Crippen molar-refractivity contribution in [2.45, 2.75) is 33.2 Å². The molecular formula is C14H22N2O2. The minimum Gasteiger partial charge on any atom is -0.317 e. The molecule has 2 atom stereocenters. The first kappa shape index (κ1) is 14.6. The van der Waals surface area contributed by atoms with Gasteiger partial charge in [0.2, 0.25) is 0 Å². The van der Waals surface area contributed by atoms with Gasteiger partial charge in [-0.2, -0.15) is 0 Å². The van der Waals surface area contributed by atoms with E-state index in [0.717, 1.165) is 12.0 Å². The molecule has 0 aliphatic carbocycles. The zero-order chi connectivity index (χ0) is 13.7. The summed E-state index contributed by atoms with van der Waals surface area (Å²) in [6, 6.07) is 7.36. The lowest BCUT2D eigenvalue weighted by Gasteiger charge is -2.27. The second-order valence-electron chi connectivity index (χ2n) is 5.08. The van der Waals surface area contributed by atoms with Gasteiger partial charge >= 0.3 is 0 Å². The summed E-state index contributed by atoms with van der Waals surface area (Å²) in [6.07, 6.45) is 0.733. The Balaban J connectivity index is 2.97. The van der Waals surface area contributed by atoms with Crippen LogP contribution >= 0.6 is 0 Å². The highest BCUT2D eigenvalue weighted by molar-refractivity contribution is 5.40. The van der Waals surface area contributed by atoms with E-state index in [-0.39, 0.29) is 10.6 Å². The Bertz CT molecular complexity index is 405. The summed E-state index contributed by atoms with van der Waals surface area (Å²) in [5.74, 6) is 0.864. The predicted molar refractivity (Wildman–Crippen MR) is 73.7 cm³/mol. The quantitative estimate of drug-likeness (QED) is 0.623. The Hall–Kier alpha value is -1.42. The van der Waals surface area contributed by atoms with Crippen LogP contribution in [0.25, 0.3) is 0 Å². The van der Waals surface area contributed by atoms with Gasteiger partial charge in [-0.05, 0) is 32.2 Å². The van der Waals surface area contributed by atoms with Crippen molar-refractivity contribution in [3.05, 3.63) is 39.9 Å². The van der Waals surface area contributed by atoms with Crippen molar-refractivity contribution in [2.75, 3.05) is 7.05 Å². The first-order valence-electron chi connectivity index (χ1n) is 6.37. The van der Waals surface area contributed by atoms with Crippen molar-refractivity contribution < 1.29 is 4.92 Å². The van der Waals surface area contributed by atoms with Crippen LogP contribution in [0.5, 0.6) is 0 Å². The molecule has 1 aromatic rings. The zero-order valence-corrected chi connectivity index (χ0v) is 11.5. The number of nitrogens with one attached hydrogen (secondary N) is 1. The van der Waals surface area contributed by atoms with Crippen LogP contribution in [-0.4, -0.2) is 18.0 Å². The Morgan fingerprint density at radius 2 is 1.89 bits per heavy atom. The summed E-state index contributed by atoms with van der Waals surface area (Å²) in [5, 5.41) is 14.2. The monoisotopic (exact) mass is 250 g/mol. The van der Waals surface area contributed by atoms with Gasteiger partial charge in [-0.25, -0.2) is 0 Å². The number of nitrogens with zero attached hydrogens (tertiary/aromatic N) is 1. The molecule has 0 spiro atoms. The molecule has 1 aromatic carbocycles. The molecule has 0 bridgehead atoms. The summed E-state index contributed by atoms with van der Waals surface area (Å²) >= 11 is 0. The number of rotatable bonds is 6. The SMILES string of the molecule is CNC(C)C(Cc1ccccc1[N+](=O)[O-])C(C)C.